The Kier molecular flexibility index (Phi) is 4.81. The van der Waals surface area contributed by atoms with Crippen LogP contribution in [0.3, 0.4) is 0 Å². The first-order valence-electron chi connectivity index (χ1n) is 8.38. The molecule has 2 amide bonds. The number of ether oxygens (including phenoxy) is 1. The second kappa shape index (κ2) is 7.06. The van der Waals surface area contributed by atoms with Gasteiger partial charge in [0.25, 0.3) is 0 Å². The molecule has 0 aliphatic carbocycles. The van der Waals surface area contributed by atoms with Gasteiger partial charge in [0.05, 0.1) is 11.4 Å². The SMILES string of the molecule is CN(C)c1ccc2c(c1)Oc1cc(N(C)C)ccc1N2C(=O)NCC(=O)O. The van der Waals surface area contributed by atoms with Crippen LogP contribution in [0.4, 0.5) is 27.5 Å². The van der Waals surface area contributed by atoms with Gasteiger partial charge in [-0.1, -0.05) is 0 Å². The van der Waals surface area contributed by atoms with Crippen LogP contribution < -0.4 is 24.8 Å². The molecule has 0 bridgehead atoms. The number of amides is 2. The molecule has 0 fully saturated rings. The van der Waals surface area contributed by atoms with Crippen molar-refractivity contribution < 1.29 is 19.4 Å². The molecule has 0 unspecified atom stereocenters. The summed E-state index contributed by atoms with van der Waals surface area (Å²) < 4.78 is 6.07. The molecule has 2 aromatic carbocycles. The van der Waals surface area contributed by atoms with E-state index in [0.29, 0.717) is 22.9 Å². The predicted molar refractivity (Wildman–Crippen MR) is 105 cm³/mol. The molecule has 8 nitrogen and oxygen atoms in total. The number of nitrogens with zero attached hydrogens (tertiary/aromatic N) is 3. The van der Waals surface area contributed by atoms with Crippen molar-refractivity contribution in [2.24, 2.45) is 0 Å². The van der Waals surface area contributed by atoms with Crippen molar-refractivity contribution in [2.75, 3.05) is 49.4 Å². The van der Waals surface area contributed by atoms with Crippen LogP contribution in [0.15, 0.2) is 36.4 Å². The predicted octanol–water partition coefficient (Wildman–Crippen LogP) is 2.86. The molecular formula is C19H22N4O4. The van der Waals surface area contributed by atoms with Gasteiger partial charge in [-0.05, 0) is 24.3 Å². The zero-order valence-electron chi connectivity index (χ0n) is 15.7. The summed E-state index contributed by atoms with van der Waals surface area (Å²) in [6, 6.07) is 10.5. The summed E-state index contributed by atoms with van der Waals surface area (Å²) in [5.41, 5.74) is 2.95. The van der Waals surface area contributed by atoms with E-state index in [1.54, 1.807) is 12.1 Å². The van der Waals surface area contributed by atoms with Crippen LogP contribution in [0, 0.1) is 0 Å². The molecule has 0 spiro atoms. The van der Waals surface area contributed by atoms with E-state index >= 15 is 0 Å². The van der Waals surface area contributed by atoms with E-state index in [-0.39, 0.29) is 0 Å². The molecule has 8 heteroatoms. The van der Waals surface area contributed by atoms with Gasteiger partial charge in [0.15, 0.2) is 11.5 Å². The normalized spacial score (nSPS) is 11.8. The Morgan fingerprint density at radius 3 is 1.85 bits per heavy atom. The number of aliphatic carboxylic acids is 1. The summed E-state index contributed by atoms with van der Waals surface area (Å²) in [4.78, 5) is 28.9. The third kappa shape index (κ3) is 3.59. The van der Waals surface area contributed by atoms with E-state index in [0.717, 1.165) is 11.4 Å². The van der Waals surface area contributed by atoms with Crippen LogP contribution in [0.5, 0.6) is 11.5 Å². The Bertz CT molecular complexity index is 838. The van der Waals surface area contributed by atoms with Crippen molar-refractivity contribution >= 4 is 34.7 Å². The summed E-state index contributed by atoms with van der Waals surface area (Å²) in [6.45, 7) is -0.466. The first kappa shape index (κ1) is 18.4. The van der Waals surface area contributed by atoms with E-state index in [1.807, 2.05) is 62.3 Å². The Labute approximate surface area is 157 Å². The average molecular weight is 370 g/mol. The lowest BCUT2D eigenvalue weighted by Crippen LogP contribution is -2.40. The number of hydrogen-bond acceptors (Lipinski definition) is 5. The Balaban J connectivity index is 2.08. The molecule has 142 valence electrons. The van der Waals surface area contributed by atoms with E-state index in [1.165, 1.54) is 4.90 Å². The Morgan fingerprint density at radius 1 is 0.963 bits per heavy atom. The minimum atomic E-state index is -1.11. The van der Waals surface area contributed by atoms with E-state index in [2.05, 4.69) is 5.32 Å². The van der Waals surface area contributed by atoms with E-state index < -0.39 is 18.5 Å². The van der Waals surface area contributed by atoms with Crippen molar-refractivity contribution in [3.8, 4) is 11.5 Å². The molecule has 1 aliphatic heterocycles. The molecule has 2 N–H and O–H groups in total. The molecule has 27 heavy (non-hydrogen) atoms. The highest BCUT2D eigenvalue weighted by atomic mass is 16.5. The Morgan fingerprint density at radius 2 is 1.44 bits per heavy atom. The van der Waals surface area contributed by atoms with Gasteiger partial charge in [-0.3, -0.25) is 9.69 Å². The molecule has 1 aliphatic rings. The number of urea groups is 1. The molecule has 2 aromatic rings. The third-order valence-corrected chi connectivity index (χ3v) is 4.22. The second-order valence-electron chi connectivity index (χ2n) is 6.58. The van der Waals surface area contributed by atoms with Crippen molar-refractivity contribution in [3.63, 3.8) is 0 Å². The smallest absolute Gasteiger partial charge is 0.327 e. The first-order chi connectivity index (χ1) is 12.8. The molecule has 0 aromatic heterocycles. The maximum atomic E-state index is 12.7. The minimum Gasteiger partial charge on any atom is -0.480 e. The fourth-order valence-corrected chi connectivity index (χ4v) is 2.79. The lowest BCUT2D eigenvalue weighted by atomic mass is 10.1. The van der Waals surface area contributed by atoms with E-state index in [9.17, 15) is 9.59 Å². The largest absolute Gasteiger partial charge is 0.480 e. The standard InChI is InChI=1S/C19H22N4O4/c1-21(2)12-5-7-14-16(9-12)27-17-10-13(22(3)4)6-8-15(17)23(14)19(26)20-11-18(24)25/h5-10H,11H2,1-4H3,(H,20,26)(H,24,25). The molecule has 0 saturated carbocycles. The summed E-state index contributed by atoms with van der Waals surface area (Å²) in [7, 11) is 7.67. The highest BCUT2D eigenvalue weighted by Crippen LogP contribution is 2.48. The summed E-state index contributed by atoms with van der Waals surface area (Å²) in [5, 5.41) is 11.3. The number of carbonyl (C=O) groups is 2. The number of hydrogen-bond donors (Lipinski definition) is 2. The number of anilines is 4. The number of carboxylic acid groups (broad SMARTS) is 1. The number of carboxylic acids is 1. The first-order valence-corrected chi connectivity index (χ1v) is 8.38. The van der Waals surface area contributed by atoms with Crippen LogP contribution in [0.2, 0.25) is 0 Å². The lowest BCUT2D eigenvalue weighted by Gasteiger charge is -2.32. The molecule has 3 rings (SSSR count). The fraction of sp³-hybridized carbons (Fsp3) is 0.263. The number of fused-ring (bicyclic) bond motifs is 2. The van der Waals surface area contributed by atoms with Crippen molar-refractivity contribution in [2.45, 2.75) is 0 Å². The monoisotopic (exact) mass is 370 g/mol. The number of benzene rings is 2. The molecular weight excluding hydrogens is 348 g/mol. The summed E-state index contributed by atoms with van der Waals surface area (Å²) in [5.74, 6) is -0.0619. The van der Waals surface area contributed by atoms with Gasteiger partial charge in [0.2, 0.25) is 0 Å². The third-order valence-electron chi connectivity index (χ3n) is 4.22. The van der Waals surface area contributed by atoms with Gasteiger partial charge in [-0.2, -0.15) is 0 Å². The fourth-order valence-electron chi connectivity index (χ4n) is 2.79. The number of nitrogens with one attached hydrogen (secondary N) is 1. The molecule has 0 saturated heterocycles. The zero-order valence-corrected chi connectivity index (χ0v) is 15.7. The highest BCUT2D eigenvalue weighted by Gasteiger charge is 2.30. The highest BCUT2D eigenvalue weighted by molar-refractivity contribution is 6.04. The van der Waals surface area contributed by atoms with Gasteiger partial charge in [0.1, 0.15) is 6.54 Å². The van der Waals surface area contributed by atoms with Crippen LogP contribution in [-0.2, 0) is 4.79 Å². The van der Waals surface area contributed by atoms with Gasteiger partial charge in [-0.25, -0.2) is 4.79 Å². The average Bonchev–Trinajstić information content (AvgIpc) is 2.62. The maximum absolute atomic E-state index is 12.7. The Hall–Kier alpha value is -3.42. The topological polar surface area (TPSA) is 85.4 Å². The van der Waals surface area contributed by atoms with E-state index in [4.69, 9.17) is 9.84 Å². The molecule has 0 atom stereocenters. The summed E-state index contributed by atoms with van der Waals surface area (Å²) in [6.07, 6.45) is 0. The van der Waals surface area contributed by atoms with Gasteiger partial charge in [-0.15, -0.1) is 0 Å². The van der Waals surface area contributed by atoms with Crippen molar-refractivity contribution in [3.05, 3.63) is 36.4 Å². The van der Waals surface area contributed by atoms with Crippen molar-refractivity contribution in [1.29, 1.82) is 0 Å². The van der Waals surface area contributed by atoms with Gasteiger partial charge in [0, 0.05) is 51.7 Å². The van der Waals surface area contributed by atoms with Gasteiger partial charge < -0.3 is 25.0 Å². The van der Waals surface area contributed by atoms with Crippen LogP contribution in [0.25, 0.3) is 0 Å². The second-order valence-corrected chi connectivity index (χ2v) is 6.58. The number of rotatable bonds is 4. The quantitative estimate of drug-likeness (QED) is 0.861. The summed E-state index contributed by atoms with van der Waals surface area (Å²) >= 11 is 0. The van der Waals surface area contributed by atoms with Gasteiger partial charge >= 0.3 is 12.0 Å². The van der Waals surface area contributed by atoms with Crippen LogP contribution >= 0.6 is 0 Å². The van der Waals surface area contributed by atoms with Crippen molar-refractivity contribution in [1.82, 2.24) is 5.32 Å². The zero-order chi connectivity index (χ0) is 19.7. The maximum Gasteiger partial charge on any atom is 0.327 e. The minimum absolute atomic E-state index is 0.466. The molecule has 1 heterocycles. The lowest BCUT2D eigenvalue weighted by molar-refractivity contribution is -0.135. The number of carbonyl (C=O) groups excluding carboxylic acids is 1. The van der Waals surface area contributed by atoms with Crippen LogP contribution in [-0.4, -0.2) is 51.8 Å². The van der Waals surface area contributed by atoms with Crippen LogP contribution in [0.1, 0.15) is 0 Å². The molecule has 0 radical (unpaired) electrons.